The number of ketones is 1. The Bertz CT molecular complexity index is 1060. The molecule has 0 unspecified atom stereocenters. The summed E-state index contributed by atoms with van der Waals surface area (Å²) < 4.78 is 5.72. The predicted octanol–water partition coefficient (Wildman–Crippen LogP) is 4.37. The molecule has 5 heteroatoms. The molecule has 1 heterocycles. The molecule has 138 valence electrons. The number of hydrogen-bond acceptors (Lipinski definition) is 4. The van der Waals surface area contributed by atoms with Gasteiger partial charge in [0.2, 0.25) is 0 Å². The van der Waals surface area contributed by atoms with Crippen LogP contribution in [0.1, 0.15) is 28.6 Å². The average molecular weight is 370 g/mol. The van der Waals surface area contributed by atoms with Gasteiger partial charge in [0, 0.05) is 23.7 Å². The second kappa shape index (κ2) is 8.65. The second-order valence-electron chi connectivity index (χ2n) is 6.17. The van der Waals surface area contributed by atoms with E-state index in [4.69, 9.17) is 4.42 Å². The maximum absolute atomic E-state index is 12.3. The molecule has 0 spiro atoms. The van der Waals surface area contributed by atoms with Gasteiger partial charge in [-0.25, -0.2) is 0 Å². The van der Waals surface area contributed by atoms with Gasteiger partial charge in [-0.15, -0.1) is 0 Å². The third-order valence-corrected chi connectivity index (χ3v) is 4.15. The van der Waals surface area contributed by atoms with Gasteiger partial charge < -0.3 is 9.73 Å². The lowest BCUT2D eigenvalue weighted by atomic mass is 10.1. The van der Waals surface area contributed by atoms with Crippen LogP contribution in [0, 0.1) is 11.3 Å². The van der Waals surface area contributed by atoms with Crippen molar-refractivity contribution in [1.82, 2.24) is 5.32 Å². The first-order valence-electron chi connectivity index (χ1n) is 8.72. The SMILES string of the molecule is CC(=O)c1ccc(-c2ccc(/C=C(\C#N)C(=O)NCc3ccccc3)o2)cc1. The molecule has 0 saturated heterocycles. The van der Waals surface area contributed by atoms with E-state index >= 15 is 0 Å². The zero-order valence-corrected chi connectivity index (χ0v) is 15.3. The number of furan rings is 1. The molecule has 28 heavy (non-hydrogen) atoms. The van der Waals surface area contributed by atoms with Crippen molar-refractivity contribution in [1.29, 1.82) is 5.26 Å². The minimum absolute atomic E-state index is 0.00482. The highest BCUT2D eigenvalue weighted by Crippen LogP contribution is 2.24. The van der Waals surface area contributed by atoms with Crippen molar-refractivity contribution in [3.05, 3.63) is 89.2 Å². The van der Waals surface area contributed by atoms with Gasteiger partial charge in [0.25, 0.3) is 5.91 Å². The monoisotopic (exact) mass is 370 g/mol. The van der Waals surface area contributed by atoms with Crippen LogP contribution in [0.5, 0.6) is 0 Å². The van der Waals surface area contributed by atoms with Gasteiger partial charge in [0.15, 0.2) is 5.78 Å². The van der Waals surface area contributed by atoms with E-state index in [2.05, 4.69) is 5.32 Å². The topological polar surface area (TPSA) is 83.1 Å². The largest absolute Gasteiger partial charge is 0.457 e. The number of nitrogens with zero attached hydrogens (tertiary/aromatic N) is 1. The smallest absolute Gasteiger partial charge is 0.262 e. The fraction of sp³-hybridized carbons (Fsp3) is 0.0870. The van der Waals surface area contributed by atoms with Gasteiger partial charge in [-0.05, 0) is 24.6 Å². The van der Waals surface area contributed by atoms with Crippen molar-refractivity contribution in [3.63, 3.8) is 0 Å². The Hall–Kier alpha value is -3.91. The summed E-state index contributed by atoms with van der Waals surface area (Å²) in [4.78, 5) is 23.6. The van der Waals surface area contributed by atoms with Crippen molar-refractivity contribution >= 4 is 17.8 Å². The number of benzene rings is 2. The van der Waals surface area contributed by atoms with Crippen LogP contribution >= 0.6 is 0 Å². The number of hydrogen-bond donors (Lipinski definition) is 1. The molecule has 3 aromatic rings. The van der Waals surface area contributed by atoms with Gasteiger partial charge in [-0.3, -0.25) is 9.59 Å². The summed E-state index contributed by atoms with van der Waals surface area (Å²) >= 11 is 0. The normalized spacial score (nSPS) is 10.9. The van der Waals surface area contributed by atoms with Gasteiger partial charge in [-0.2, -0.15) is 5.26 Å². The quantitative estimate of drug-likeness (QED) is 0.397. The van der Waals surface area contributed by atoms with Crippen LogP contribution in [-0.4, -0.2) is 11.7 Å². The Morgan fingerprint density at radius 3 is 2.39 bits per heavy atom. The van der Waals surface area contributed by atoms with Crippen LogP contribution in [0.2, 0.25) is 0 Å². The fourth-order valence-corrected chi connectivity index (χ4v) is 2.62. The van der Waals surface area contributed by atoms with E-state index in [-0.39, 0.29) is 11.4 Å². The molecular formula is C23H18N2O3. The highest BCUT2D eigenvalue weighted by Gasteiger charge is 2.11. The van der Waals surface area contributed by atoms with Crippen LogP contribution in [0.25, 0.3) is 17.4 Å². The van der Waals surface area contributed by atoms with E-state index in [1.165, 1.54) is 13.0 Å². The average Bonchev–Trinajstić information content (AvgIpc) is 3.19. The summed E-state index contributed by atoms with van der Waals surface area (Å²) in [5.74, 6) is 0.519. The first-order chi connectivity index (χ1) is 13.6. The van der Waals surface area contributed by atoms with Gasteiger partial charge >= 0.3 is 0 Å². The Labute approximate surface area is 162 Å². The molecule has 1 aromatic heterocycles. The summed E-state index contributed by atoms with van der Waals surface area (Å²) in [5, 5.41) is 12.0. The molecule has 0 atom stereocenters. The van der Waals surface area contributed by atoms with Crippen molar-refractivity contribution in [2.75, 3.05) is 0 Å². The number of nitriles is 1. The fourth-order valence-electron chi connectivity index (χ4n) is 2.62. The van der Waals surface area contributed by atoms with E-state index in [9.17, 15) is 14.9 Å². The molecule has 5 nitrogen and oxygen atoms in total. The van der Waals surface area contributed by atoms with Crippen LogP contribution in [0.15, 0.2) is 76.7 Å². The second-order valence-corrected chi connectivity index (χ2v) is 6.17. The molecule has 3 rings (SSSR count). The highest BCUT2D eigenvalue weighted by molar-refractivity contribution is 6.01. The van der Waals surface area contributed by atoms with Crippen LogP contribution in [0.4, 0.5) is 0 Å². The molecule has 0 bridgehead atoms. The van der Waals surface area contributed by atoms with Gasteiger partial charge in [0.1, 0.15) is 23.2 Å². The molecular weight excluding hydrogens is 352 g/mol. The van der Waals surface area contributed by atoms with E-state index in [0.717, 1.165) is 11.1 Å². The first-order valence-corrected chi connectivity index (χ1v) is 8.72. The predicted molar refractivity (Wildman–Crippen MR) is 106 cm³/mol. The molecule has 0 radical (unpaired) electrons. The van der Waals surface area contributed by atoms with E-state index in [0.29, 0.717) is 23.6 Å². The molecule has 1 N–H and O–H groups in total. The Balaban J connectivity index is 1.72. The summed E-state index contributed by atoms with van der Waals surface area (Å²) in [6, 6.07) is 21.9. The number of carbonyl (C=O) groups excluding carboxylic acids is 2. The number of Topliss-reactive ketones (excluding diaryl/α,β-unsaturated/α-hetero) is 1. The molecule has 0 aliphatic heterocycles. The molecule has 0 saturated carbocycles. The van der Waals surface area contributed by atoms with Crippen LogP contribution < -0.4 is 5.32 Å². The number of nitrogens with one attached hydrogen (secondary N) is 1. The zero-order chi connectivity index (χ0) is 19.9. The Morgan fingerprint density at radius 2 is 1.75 bits per heavy atom. The highest BCUT2D eigenvalue weighted by atomic mass is 16.3. The summed E-state index contributed by atoms with van der Waals surface area (Å²) in [6.45, 7) is 1.85. The standard InChI is InChI=1S/C23H18N2O3/c1-16(26)18-7-9-19(10-8-18)22-12-11-21(28-22)13-20(14-24)23(27)25-15-17-5-3-2-4-6-17/h2-13H,15H2,1H3,(H,25,27)/b20-13+. The van der Waals surface area contributed by atoms with Crippen molar-refractivity contribution in [2.45, 2.75) is 13.5 Å². The summed E-state index contributed by atoms with van der Waals surface area (Å²) in [6.07, 6.45) is 1.41. The van der Waals surface area contributed by atoms with Crippen molar-refractivity contribution in [2.24, 2.45) is 0 Å². The van der Waals surface area contributed by atoms with Crippen LogP contribution in [0.3, 0.4) is 0 Å². The summed E-state index contributed by atoms with van der Waals surface area (Å²) in [5.41, 5.74) is 2.33. The van der Waals surface area contributed by atoms with Crippen molar-refractivity contribution in [3.8, 4) is 17.4 Å². The third kappa shape index (κ3) is 4.63. The lowest BCUT2D eigenvalue weighted by molar-refractivity contribution is -0.117. The molecule has 1 amide bonds. The Morgan fingerprint density at radius 1 is 1.04 bits per heavy atom. The Kier molecular flexibility index (Phi) is 5.83. The lowest BCUT2D eigenvalue weighted by Crippen LogP contribution is -2.23. The third-order valence-electron chi connectivity index (χ3n) is 4.15. The molecule has 0 aliphatic carbocycles. The number of carbonyl (C=O) groups is 2. The van der Waals surface area contributed by atoms with Gasteiger partial charge in [-0.1, -0.05) is 54.6 Å². The van der Waals surface area contributed by atoms with E-state index in [1.54, 1.807) is 36.4 Å². The molecule has 0 fully saturated rings. The molecule has 2 aromatic carbocycles. The van der Waals surface area contributed by atoms with E-state index in [1.807, 2.05) is 36.4 Å². The maximum Gasteiger partial charge on any atom is 0.262 e. The van der Waals surface area contributed by atoms with Gasteiger partial charge in [0.05, 0.1) is 0 Å². The minimum Gasteiger partial charge on any atom is -0.457 e. The van der Waals surface area contributed by atoms with E-state index < -0.39 is 5.91 Å². The number of amides is 1. The first kappa shape index (κ1) is 18.9. The lowest BCUT2D eigenvalue weighted by Gasteiger charge is -2.04. The maximum atomic E-state index is 12.3. The molecule has 0 aliphatic rings. The van der Waals surface area contributed by atoms with Crippen LogP contribution in [-0.2, 0) is 11.3 Å². The number of rotatable bonds is 6. The summed E-state index contributed by atoms with van der Waals surface area (Å²) in [7, 11) is 0. The minimum atomic E-state index is -0.463. The zero-order valence-electron chi connectivity index (χ0n) is 15.3. The van der Waals surface area contributed by atoms with Crippen molar-refractivity contribution < 1.29 is 14.0 Å².